The van der Waals surface area contributed by atoms with Crippen LogP contribution in [0.5, 0.6) is 0 Å². The number of carbonyl (C=O) groups excluding carboxylic acids is 3. The van der Waals surface area contributed by atoms with Crippen molar-refractivity contribution in [2.45, 2.75) is 24.2 Å². The van der Waals surface area contributed by atoms with Crippen LogP contribution in [0.2, 0.25) is 0 Å². The second-order valence-electron chi connectivity index (χ2n) is 8.33. The normalized spacial score (nSPS) is 11.0. The maximum atomic E-state index is 13.2. The lowest BCUT2D eigenvalue weighted by Gasteiger charge is -2.22. The molecular weight excluding hydrogens is 526 g/mol. The Bertz CT molecular complexity index is 1430. The smallest absolute Gasteiger partial charge is 0.319 e. The zero-order valence-electron chi connectivity index (χ0n) is 20.7. The molecule has 0 unspecified atom stereocenters. The lowest BCUT2D eigenvalue weighted by molar-refractivity contribution is -0.136. The number of carboxylic acids is 1. The van der Waals surface area contributed by atoms with E-state index in [1.165, 1.54) is 24.3 Å². The number of benzene rings is 2. The van der Waals surface area contributed by atoms with Crippen LogP contribution >= 0.6 is 0 Å². The number of amides is 3. The maximum Gasteiger partial charge on any atom is 0.319 e. The number of rotatable bonds is 13. The molecule has 0 saturated heterocycles. The summed E-state index contributed by atoms with van der Waals surface area (Å²) < 4.78 is 26.7. The van der Waals surface area contributed by atoms with Gasteiger partial charge in [0, 0.05) is 19.2 Å². The average molecular weight is 554 g/mol. The van der Waals surface area contributed by atoms with Crippen LogP contribution in [0.1, 0.15) is 38.4 Å². The van der Waals surface area contributed by atoms with Gasteiger partial charge >= 0.3 is 5.97 Å². The molecule has 3 aromatic rings. The Morgan fingerprint density at radius 3 is 2.15 bits per heavy atom. The third kappa shape index (κ3) is 8.18. The number of pyridine rings is 1. The fourth-order valence-electron chi connectivity index (χ4n) is 3.46. The molecule has 2 aromatic carbocycles. The number of hydrogen-bond donors (Lipinski definition) is 4. The van der Waals surface area contributed by atoms with E-state index in [0.29, 0.717) is 25.8 Å². The highest BCUT2D eigenvalue weighted by molar-refractivity contribution is 7.89. The van der Waals surface area contributed by atoms with Crippen molar-refractivity contribution in [2.75, 3.05) is 13.1 Å². The number of aromatic nitrogens is 1. The summed E-state index contributed by atoms with van der Waals surface area (Å²) in [6.45, 7) is -0.515. The fourth-order valence-corrected chi connectivity index (χ4v) is 4.71. The molecule has 0 bridgehead atoms. The van der Waals surface area contributed by atoms with Crippen molar-refractivity contribution in [2.24, 2.45) is 5.73 Å². The number of nitrogens with one attached hydrogen (secondary N) is 2. The first-order chi connectivity index (χ1) is 18.6. The molecule has 12 nitrogen and oxygen atoms in total. The molecule has 5 N–H and O–H groups in total. The summed E-state index contributed by atoms with van der Waals surface area (Å²) in [5, 5.41) is 11.8. The third-order valence-corrected chi connectivity index (χ3v) is 7.15. The first-order valence-electron chi connectivity index (χ1n) is 11.8. The summed E-state index contributed by atoms with van der Waals surface area (Å²) in [6.07, 6.45) is 2.37. The van der Waals surface area contributed by atoms with Crippen LogP contribution in [0.25, 0.3) is 0 Å². The molecule has 3 rings (SSSR count). The van der Waals surface area contributed by atoms with Gasteiger partial charge in [-0.25, -0.2) is 5.43 Å². The van der Waals surface area contributed by atoms with Gasteiger partial charge in [0.25, 0.3) is 21.8 Å². The molecule has 0 aliphatic rings. The highest BCUT2D eigenvalue weighted by atomic mass is 32.2. The van der Waals surface area contributed by atoms with Crippen LogP contribution in [-0.2, 0) is 32.5 Å². The van der Waals surface area contributed by atoms with Gasteiger partial charge in [-0.15, -0.1) is 0 Å². The second-order valence-corrected chi connectivity index (χ2v) is 10.1. The Labute approximate surface area is 224 Å². The molecule has 0 spiro atoms. The summed E-state index contributed by atoms with van der Waals surface area (Å²) in [5.41, 5.74) is 8.68. The molecule has 0 fully saturated rings. The van der Waals surface area contributed by atoms with E-state index in [9.17, 15) is 27.6 Å². The van der Waals surface area contributed by atoms with Gasteiger partial charge < -0.3 is 16.2 Å². The van der Waals surface area contributed by atoms with Crippen LogP contribution in [0.3, 0.4) is 0 Å². The van der Waals surface area contributed by atoms with Crippen molar-refractivity contribution >= 4 is 33.7 Å². The average Bonchev–Trinajstić information content (AvgIpc) is 2.92. The van der Waals surface area contributed by atoms with E-state index in [0.717, 1.165) is 29.5 Å². The number of primary amides is 1. The quantitative estimate of drug-likeness (QED) is 0.223. The Kier molecular flexibility index (Phi) is 9.84. The van der Waals surface area contributed by atoms with Crippen molar-refractivity contribution in [3.05, 3.63) is 95.3 Å². The minimum Gasteiger partial charge on any atom is -0.480 e. The van der Waals surface area contributed by atoms with Gasteiger partial charge in [0.1, 0.15) is 12.2 Å². The zero-order valence-corrected chi connectivity index (χ0v) is 21.6. The molecule has 13 heteroatoms. The minimum absolute atomic E-state index is 0.102. The Morgan fingerprint density at radius 1 is 0.897 bits per heavy atom. The first kappa shape index (κ1) is 28.9. The monoisotopic (exact) mass is 553 g/mol. The number of aryl methyl sites for hydroxylation is 1. The van der Waals surface area contributed by atoms with Crippen molar-refractivity contribution < 1.29 is 32.7 Å². The summed E-state index contributed by atoms with van der Waals surface area (Å²) in [5.74, 6) is -3.45. The standard InChI is InChI=1S/C26H27N5O7S/c27-25(35)22-12-9-20(16-29-22)26(36)31(30-17-24(33)34)39(37,38)21-10-6-19(7-11-21)14-15-28-23(32)13-8-18-4-2-1-3-5-18/h1-7,9-12,16,30H,8,13-15,17H2,(H2,27,35)(H,28,32)(H,33,34). The van der Waals surface area contributed by atoms with E-state index in [1.807, 2.05) is 30.3 Å². The Hall–Kier alpha value is -4.62. The summed E-state index contributed by atoms with van der Waals surface area (Å²) in [7, 11) is -4.53. The lowest BCUT2D eigenvalue weighted by atomic mass is 10.1. The lowest BCUT2D eigenvalue weighted by Crippen LogP contribution is -2.48. The number of hydrogen-bond acceptors (Lipinski definition) is 8. The molecule has 3 amide bonds. The van der Waals surface area contributed by atoms with Crippen molar-refractivity contribution in [1.82, 2.24) is 20.1 Å². The van der Waals surface area contributed by atoms with Gasteiger partial charge in [-0.3, -0.25) is 24.2 Å². The molecule has 0 radical (unpaired) electrons. The number of hydrazine groups is 1. The van der Waals surface area contributed by atoms with Crippen LogP contribution in [-0.4, -0.2) is 59.7 Å². The molecule has 39 heavy (non-hydrogen) atoms. The minimum atomic E-state index is -4.53. The van der Waals surface area contributed by atoms with Gasteiger partial charge in [0.05, 0.1) is 10.5 Å². The van der Waals surface area contributed by atoms with Gasteiger partial charge in [0.15, 0.2) is 0 Å². The molecule has 0 saturated carbocycles. The molecule has 0 aliphatic carbocycles. The van der Waals surface area contributed by atoms with Crippen LogP contribution in [0.15, 0.2) is 77.8 Å². The van der Waals surface area contributed by atoms with E-state index in [4.69, 9.17) is 10.8 Å². The molecule has 0 aliphatic heterocycles. The molecule has 204 valence electrons. The van der Waals surface area contributed by atoms with Gasteiger partial charge in [-0.1, -0.05) is 42.5 Å². The number of nitrogens with zero attached hydrogens (tertiary/aromatic N) is 2. The van der Waals surface area contributed by atoms with E-state index < -0.39 is 34.4 Å². The third-order valence-electron chi connectivity index (χ3n) is 5.50. The van der Waals surface area contributed by atoms with Crippen LogP contribution in [0.4, 0.5) is 0 Å². The molecule has 1 heterocycles. The van der Waals surface area contributed by atoms with Crippen molar-refractivity contribution in [3.63, 3.8) is 0 Å². The summed E-state index contributed by atoms with van der Waals surface area (Å²) in [6, 6.07) is 17.5. The number of nitrogens with two attached hydrogens (primary N) is 1. The molecular formula is C26H27N5O7S. The van der Waals surface area contributed by atoms with Crippen molar-refractivity contribution in [1.29, 1.82) is 0 Å². The summed E-state index contributed by atoms with van der Waals surface area (Å²) >= 11 is 0. The van der Waals surface area contributed by atoms with Crippen LogP contribution in [0, 0.1) is 0 Å². The first-order valence-corrected chi connectivity index (χ1v) is 13.2. The van der Waals surface area contributed by atoms with Gasteiger partial charge in [-0.05, 0) is 48.2 Å². The zero-order chi connectivity index (χ0) is 28.4. The highest BCUT2D eigenvalue weighted by Gasteiger charge is 2.31. The second kappa shape index (κ2) is 13.3. The number of sulfonamides is 1. The van der Waals surface area contributed by atoms with Crippen LogP contribution < -0.4 is 16.5 Å². The van der Waals surface area contributed by atoms with Crippen molar-refractivity contribution in [3.8, 4) is 0 Å². The molecule has 1 aromatic heterocycles. The highest BCUT2D eigenvalue weighted by Crippen LogP contribution is 2.18. The predicted molar refractivity (Wildman–Crippen MR) is 140 cm³/mol. The topological polar surface area (TPSA) is 189 Å². The Balaban J connectivity index is 1.65. The fraction of sp³-hybridized carbons (Fsp3) is 0.192. The summed E-state index contributed by atoms with van der Waals surface area (Å²) in [4.78, 5) is 50.8. The Morgan fingerprint density at radius 2 is 1.56 bits per heavy atom. The van der Waals surface area contributed by atoms with E-state index in [1.54, 1.807) is 0 Å². The number of aliphatic carboxylic acids is 1. The largest absolute Gasteiger partial charge is 0.480 e. The maximum absolute atomic E-state index is 13.2. The number of carboxylic acid groups (broad SMARTS) is 1. The SMILES string of the molecule is NC(=O)c1ccc(C(=O)N(NCC(=O)O)S(=O)(=O)c2ccc(CCNC(=O)CCc3ccccc3)cc2)cn1. The number of carbonyl (C=O) groups is 4. The van der Waals surface area contributed by atoms with E-state index in [2.05, 4.69) is 15.7 Å². The predicted octanol–water partition coefficient (Wildman–Crippen LogP) is 0.892. The van der Waals surface area contributed by atoms with E-state index in [-0.39, 0.29) is 26.5 Å². The molecule has 0 atom stereocenters. The van der Waals surface area contributed by atoms with Gasteiger partial charge in [-0.2, -0.15) is 12.8 Å². The van der Waals surface area contributed by atoms with E-state index >= 15 is 0 Å². The van der Waals surface area contributed by atoms with Gasteiger partial charge in [0.2, 0.25) is 5.91 Å².